The van der Waals surface area contributed by atoms with Crippen molar-refractivity contribution in [2.75, 3.05) is 6.61 Å². The van der Waals surface area contributed by atoms with Gasteiger partial charge in [-0.05, 0) is 55.7 Å². The summed E-state index contributed by atoms with van der Waals surface area (Å²) in [5.41, 5.74) is 3.86. The summed E-state index contributed by atoms with van der Waals surface area (Å²) in [4.78, 5) is 24.4. The lowest BCUT2D eigenvalue weighted by Gasteiger charge is -2.24. The lowest BCUT2D eigenvalue weighted by Crippen LogP contribution is -2.46. The van der Waals surface area contributed by atoms with Gasteiger partial charge in [-0.2, -0.15) is 0 Å². The van der Waals surface area contributed by atoms with Crippen LogP contribution in [0.2, 0.25) is 0 Å². The van der Waals surface area contributed by atoms with E-state index in [-0.39, 0.29) is 24.0 Å². The second kappa shape index (κ2) is 10.5. The van der Waals surface area contributed by atoms with Gasteiger partial charge in [-0.3, -0.25) is 9.59 Å². The second-order valence-corrected chi connectivity index (χ2v) is 9.15. The first-order chi connectivity index (χ1) is 16.1. The minimum absolute atomic E-state index is 0.143. The first-order valence-electron chi connectivity index (χ1n) is 11.1. The smallest absolute Gasteiger partial charge is 0.251 e. The molecule has 3 rings (SSSR count). The molecule has 0 aliphatic heterocycles. The molecule has 0 radical (unpaired) electrons. The number of oxime groups is 1. The van der Waals surface area contributed by atoms with Crippen LogP contribution in [-0.2, 0) is 7.05 Å². The first kappa shape index (κ1) is 24.9. The monoisotopic (exact) mass is 461 g/mol. The van der Waals surface area contributed by atoms with Crippen LogP contribution in [0, 0.1) is 6.92 Å². The molecule has 1 aromatic heterocycles. The molecule has 0 spiro atoms. The summed E-state index contributed by atoms with van der Waals surface area (Å²) < 4.78 is 1.45. The van der Waals surface area contributed by atoms with Crippen molar-refractivity contribution in [2.24, 2.45) is 12.2 Å². The molecule has 0 bridgehead atoms. The molecule has 3 N–H and O–H groups in total. The minimum Gasteiger partial charge on any atom is -0.411 e. The zero-order valence-corrected chi connectivity index (χ0v) is 19.9. The molecule has 3 aromatic rings. The molecular weight excluding hydrogens is 430 g/mol. The fraction of sp³-hybridized carbons (Fsp3) is 0.296. The molecule has 0 aliphatic carbocycles. The summed E-state index contributed by atoms with van der Waals surface area (Å²) in [5, 5.41) is 25.6. The van der Waals surface area contributed by atoms with Crippen LogP contribution < -0.4 is 10.9 Å². The standard InChI is InChI=1S/C27H31N3O4/c1-18-7-5-6-8-22(18)23(15-24(29-34)21-13-14-25(32)30(4)16-21)19-9-11-20(12-10-19)26(33)28-27(2,3)17-31/h5-14,16,23,31,34H,15,17H2,1-4H3,(H,28,33)/b29-24-. The van der Waals surface area contributed by atoms with E-state index in [1.54, 1.807) is 45.3 Å². The molecule has 7 heteroatoms. The van der Waals surface area contributed by atoms with Crippen molar-refractivity contribution in [3.8, 4) is 0 Å². The van der Waals surface area contributed by atoms with Gasteiger partial charge in [-0.1, -0.05) is 41.6 Å². The van der Waals surface area contributed by atoms with Gasteiger partial charge in [0, 0.05) is 42.8 Å². The van der Waals surface area contributed by atoms with Gasteiger partial charge in [0.05, 0.1) is 17.9 Å². The van der Waals surface area contributed by atoms with Crippen LogP contribution in [0.4, 0.5) is 0 Å². The summed E-state index contributed by atoms with van der Waals surface area (Å²) in [7, 11) is 1.65. The number of aryl methyl sites for hydroxylation is 2. The second-order valence-electron chi connectivity index (χ2n) is 9.15. The third kappa shape index (κ3) is 5.80. The molecule has 2 aromatic carbocycles. The number of rotatable bonds is 8. The highest BCUT2D eigenvalue weighted by Crippen LogP contribution is 2.32. The van der Waals surface area contributed by atoms with Crippen LogP contribution in [0.25, 0.3) is 0 Å². The Bertz CT molecular complexity index is 1240. The highest BCUT2D eigenvalue weighted by atomic mass is 16.4. The number of pyridine rings is 1. The number of hydrogen-bond acceptors (Lipinski definition) is 5. The Labute approximate surface area is 199 Å². The highest BCUT2D eigenvalue weighted by Gasteiger charge is 2.23. The van der Waals surface area contributed by atoms with Crippen LogP contribution in [0.1, 0.15) is 58.8 Å². The summed E-state index contributed by atoms with van der Waals surface area (Å²) in [5.74, 6) is -0.406. The number of nitrogens with zero attached hydrogens (tertiary/aromatic N) is 2. The van der Waals surface area contributed by atoms with E-state index in [2.05, 4.69) is 10.5 Å². The number of carbonyl (C=O) groups excluding carboxylic acids is 1. The Balaban J connectivity index is 1.97. The first-order valence-corrected chi connectivity index (χ1v) is 11.1. The normalized spacial score (nSPS) is 12.9. The predicted octanol–water partition coefficient (Wildman–Crippen LogP) is 3.59. The molecule has 1 unspecified atom stereocenters. The van der Waals surface area contributed by atoms with Gasteiger partial charge in [0.25, 0.3) is 5.91 Å². The predicted molar refractivity (Wildman–Crippen MR) is 133 cm³/mol. The van der Waals surface area contributed by atoms with Gasteiger partial charge >= 0.3 is 0 Å². The van der Waals surface area contributed by atoms with Gasteiger partial charge < -0.3 is 20.2 Å². The van der Waals surface area contributed by atoms with Crippen molar-refractivity contribution in [3.63, 3.8) is 0 Å². The van der Waals surface area contributed by atoms with Crippen molar-refractivity contribution < 1.29 is 15.1 Å². The van der Waals surface area contributed by atoms with Crippen molar-refractivity contribution in [3.05, 3.63) is 105 Å². The van der Waals surface area contributed by atoms with E-state index in [4.69, 9.17) is 0 Å². The molecule has 178 valence electrons. The van der Waals surface area contributed by atoms with Gasteiger partial charge in [0.1, 0.15) is 0 Å². The van der Waals surface area contributed by atoms with Gasteiger partial charge in [0.2, 0.25) is 5.56 Å². The average molecular weight is 462 g/mol. The average Bonchev–Trinajstić information content (AvgIpc) is 2.82. The number of aromatic nitrogens is 1. The minimum atomic E-state index is -0.721. The van der Waals surface area contributed by atoms with E-state index in [9.17, 15) is 19.9 Å². The topological polar surface area (TPSA) is 104 Å². The van der Waals surface area contributed by atoms with E-state index in [0.717, 1.165) is 16.7 Å². The van der Waals surface area contributed by atoms with E-state index < -0.39 is 5.54 Å². The Morgan fingerprint density at radius 3 is 2.29 bits per heavy atom. The van der Waals surface area contributed by atoms with Crippen molar-refractivity contribution in [1.29, 1.82) is 0 Å². The van der Waals surface area contributed by atoms with Gasteiger partial charge in [0.15, 0.2) is 0 Å². The van der Waals surface area contributed by atoms with Gasteiger partial charge in [-0.25, -0.2) is 0 Å². The van der Waals surface area contributed by atoms with E-state index in [1.807, 2.05) is 43.3 Å². The summed E-state index contributed by atoms with van der Waals surface area (Å²) in [6, 6.07) is 18.4. The lowest BCUT2D eigenvalue weighted by molar-refractivity contribution is 0.0869. The van der Waals surface area contributed by atoms with Crippen molar-refractivity contribution >= 4 is 11.6 Å². The van der Waals surface area contributed by atoms with Crippen molar-refractivity contribution in [1.82, 2.24) is 9.88 Å². The molecule has 0 aliphatic rings. The number of aliphatic hydroxyl groups is 1. The Morgan fingerprint density at radius 2 is 1.71 bits per heavy atom. The summed E-state index contributed by atoms with van der Waals surface area (Å²) in [6.45, 7) is 5.37. The molecule has 1 atom stereocenters. The number of aliphatic hydroxyl groups excluding tert-OH is 1. The fourth-order valence-corrected chi connectivity index (χ4v) is 3.85. The van der Waals surface area contributed by atoms with Crippen LogP contribution in [0.15, 0.2) is 76.8 Å². The third-order valence-corrected chi connectivity index (χ3v) is 5.92. The van der Waals surface area contributed by atoms with Crippen LogP contribution in [-0.4, -0.2) is 38.6 Å². The molecule has 0 fully saturated rings. The number of carbonyl (C=O) groups is 1. The van der Waals surface area contributed by atoms with E-state index in [0.29, 0.717) is 23.3 Å². The maximum Gasteiger partial charge on any atom is 0.251 e. The Kier molecular flexibility index (Phi) is 7.68. The fourth-order valence-electron chi connectivity index (χ4n) is 3.85. The van der Waals surface area contributed by atoms with Crippen LogP contribution in [0.5, 0.6) is 0 Å². The largest absolute Gasteiger partial charge is 0.411 e. The highest BCUT2D eigenvalue weighted by molar-refractivity contribution is 6.00. The van der Waals surface area contributed by atoms with E-state index >= 15 is 0 Å². The van der Waals surface area contributed by atoms with Gasteiger partial charge in [-0.15, -0.1) is 0 Å². The molecule has 0 saturated heterocycles. The zero-order valence-electron chi connectivity index (χ0n) is 19.9. The molecule has 7 nitrogen and oxygen atoms in total. The van der Waals surface area contributed by atoms with Crippen molar-refractivity contribution in [2.45, 2.75) is 38.6 Å². The number of hydrogen-bond donors (Lipinski definition) is 3. The Morgan fingerprint density at radius 1 is 1.06 bits per heavy atom. The number of nitrogens with one attached hydrogen (secondary N) is 1. The van der Waals surface area contributed by atoms with E-state index in [1.165, 1.54) is 10.6 Å². The number of benzene rings is 2. The summed E-state index contributed by atoms with van der Waals surface area (Å²) in [6.07, 6.45) is 2.05. The number of amides is 1. The van der Waals surface area contributed by atoms with Crippen LogP contribution in [0.3, 0.4) is 0 Å². The quantitative estimate of drug-likeness (QED) is 0.271. The molecule has 0 saturated carbocycles. The maximum atomic E-state index is 12.6. The van der Waals surface area contributed by atoms with Crippen LogP contribution >= 0.6 is 0 Å². The molecule has 34 heavy (non-hydrogen) atoms. The Hall–Kier alpha value is -3.71. The summed E-state index contributed by atoms with van der Waals surface area (Å²) >= 11 is 0. The zero-order chi connectivity index (χ0) is 24.9. The molecular formula is C27H31N3O4. The molecule has 1 heterocycles. The third-order valence-electron chi connectivity index (χ3n) is 5.92. The maximum absolute atomic E-state index is 12.6. The SMILES string of the molecule is Cc1ccccc1C(C/C(=N/O)c1ccc(=O)n(C)c1)c1ccc(C(=O)NC(C)(C)CO)cc1. The lowest BCUT2D eigenvalue weighted by atomic mass is 9.83. The molecule has 1 amide bonds.